The van der Waals surface area contributed by atoms with Gasteiger partial charge in [-0.2, -0.15) is 0 Å². The Morgan fingerprint density at radius 3 is 2.58 bits per heavy atom. The zero-order valence-corrected chi connectivity index (χ0v) is 18.3. The van der Waals surface area contributed by atoms with Gasteiger partial charge >= 0.3 is 0 Å². The highest BCUT2D eigenvalue weighted by molar-refractivity contribution is 8.00. The first-order valence-electron chi connectivity index (χ1n) is 10.5. The fraction of sp³-hybridized carbons (Fsp3) is 0.391. The topological polar surface area (TPSA) is 77.1 Å². The number of nitrogens with one attached hydrogen (secondary N) is 1. The number of hydrogen-bond donors (Lipinski definition) is 1. The summed E-state index contributed by atoms with van der Waals surface area (Å²) in [5, 5.41) is 2.95. The van der Waals surface area contributed by atoms with E-state index in [0.29, 0.717) is 55.5 Å². The number of likely N-dealkylation sites (tertiary alicyclic amines) is 1. The quantitative estimate of drug-likeness (QED) is 0.658. The summed E-state index contributed by atoms with van der Waals surface area (Å²) in [6.07, 6.45) is 1.33. The number of carbonyl (C=O) groups excluding carboxylic acids is 2. The number of nitrogens with zero attached hydrogens (tertiary/aromatic N) is 1. The maximum atomic E-state index is 12.6. The minimum absolute atomic E-state index is 0.0188. The standard InChI is InChI=1S/C23H26N2O5S/c1-2-28-18-4-6-19(7-5-18)31-14-22(26)25-11-9-16(10-12-25)23(27)24-17-3-8-20-21(13-17)30-15-29-20/h3-8,13,16H,2,9-12,14-15H2,1H3,(H,24,27). The summed E-state index contributed by atoms with van der Waals surface area (Å²) in [5.41, 5.74) is 0.694. The van der Waals surface area contributed by atoms with E-state index in [1.54, 1.807) is 12.1 Å². The third kappa shape index (κ3) is 5.44. The van der Waals surface area contributed by atoms with Gasteiger partial charge in [-0.25, -0.2) is 0 Å². The van der Waals surface area contributed by atoms with Crippen molar-refractivity contribution >= 4 is 29.3 Å². The molecular weight excluding hydrogens is 416 g/mol. The lowest BCUT2D eigenvalue weighted by molar-refractivity contribution is -0.132. The van der Waals surface area contributed by atoms with E-state index < -0.39 is 0 Å². The number of thioether (sulfide) groups is 1. The predicted molar refractivity (Wildman–Crippen MR) is 119 cm³/mol. The molecule has 7 nitrogen and oxygen atoms in total. The molecule has 0 saturated carbocycles. The molecule has 2 heterocycles. The fourth-order valence-corrected chi connectivity index (χ4v) is 4.45. The summed E-state index contributed by atoms with van der Waals surface area (Å²) in [5.74, 6) is 2.54. The average Bonchev–Trinajstić information content (AvgIpc) is 3.26. The number of fused-ring (bicyclic) bond motifs is 1. The Morgan fingerprint density at radius 1 is 1.10 bits per heavy atom. The van der Waals surface area contributed by atoms with Gasteiger partial charge in [0.25, 0.3) is 0 Å². The Kier molecular flexibility index (Phi) is 6.86. The first-order valence-corrected chi connectivity index (χ1v) is 11.4. The number of amides is 2. The van der Waals surface area contributed by atoms with Crippen molar-refractivity contribution < 1.29 is 23.8 Å². The second-order valence-electron chi connectivity index (χ2n) is 7.41. The Morgan fingerprint density at radius 2 is 1.84 bits per heavy atom. The molecule has 0 aromatic heterocycles. The van der Waals surface area contributed by atoms with E-state index in [0.717, 1.165) is 10.6 Å². The van der Waals surface area contributed by atoms with Crippen LogP contribution in [0.4, 0.5) is 5.69 Å². The molecule has 2 aromatic carbocycles. The van der Waals surface area contributed by atoms with E-state index >= 15 is 0 Å². The average molecular weight is 443 g/mol. The number of hydrogen-bond acceptors (Lipinski definition) is 6. The number of piperidine rings is 1. The van der Waals surface area contributed by atoms with Crippen molar-refractivity contribution in [1.29, 1.82) is 0 Å². The third-order valence-corrected chi connectivity index (χ3v) is 6.35. The van der Waals surface area contributed by atoms with Crippen LogP contribution < -0.4 is 19.5 Å². The summed E-state index contributed by atoms with van der Waals surface area (Å²) in [6.45, 7) is 3.99. The lowest BCUT2D eigenvalue weighted by atomic mass is 9.96. The summed E-state index contributed by atoms with van der Waals surface area (Å²) in [6, 6.07) is 13.1. The van der Waals surface area contributed by atoms with Gasteiger partial charge < -0.3 is 24.4 Å². The van der Waals surface area contributed by atoms with Gasteiger partial charge in [0.2, 0.25) is 18.6 Å². The Labute approximate surface area is 186 Å². The lowest BCUT2D eigenvalue weighted by Gasteiger charge is -2.31. The van der Waals surface area contributed by atoms with Gasteiger partial charge in [0.15, 0.2) is 11.5 Å². The van der Waals surface area contributed by atoms with Gasteiger partial charge in [0.1, 0.15) is 5.75 Å². The number of benzene rings is 2. The smallest absolute Gasteiger partial charge is 0.232 e. The predicted octanol–water partition coefficient (Wildman–Crippen LogP) is 3.78. The highest BCUT2D eigenvalue weighted by atomic mass is 32.2. The molecule has 0 bridgehead atoms. The zero-order chi connectivity index (χ0) is 21.6. The molecule has 4 rings (SSSR count). The number of rotatable bonds is 7. The van der Waals surface area contributed by atoms with Crippen LogP contribution in [0.15, 0.2) is 47.4 Å². The van der Waals surface area contributed by atoms with Crippen molar-refractivity contribution in [1.82, 2.24) is 4.90 Å². The molecule has 2 aromatic rings. The van der Waals surface area contributed by atoms with Gasteiger partial charge in [-0.1, -0.05) is 0 Å². The van der Waals surface area contributed by atoms with Crippen molar-refractivity contribution in [3.05, 3.63) is 42.5 Å². The van der Waals surface area contributed by atoms with E-state index in [2.05, 4.69) is 5.32 Å². The van der Waals surface area contributed by atoms with Gasteiger partial charge in [-0.3, -0.25) is 9.59 Å². The molecule has 0 spiro atoms. The molecule has 0 aliphatic carbocycles. The first-order chi connectivity index (χ1) is 15.1. The van der Waals surface area contributed by atoms with Crippen molar-refractivity contribution in [2.75, 3.05) is 37.6 Å². The van der Waals surface area contributed by atoms with E-state index in [1.165, 1.54) is 11.8 Å². The van der Waals surface area contributed by atoms with Crippen LogP contribution >= 0.6 is 11.8 Å². The minimum Gasteiger partial charge on any atom is -0.494 e. The Hall–Kier alpha value is -2.87. The molecule has 164 valence electrons. The largest absolute Gasteiger partial charge is 0.494 e. The van der Waals surface area contributed by atoms with Crippen LogP contribution in [0.25, 0.3) is 0 Å². The summed E-state index contributed by atoms with van der Waals surface area (Å²) in [4.78, 5) is 28.1. The van der Waals surface area contributed by atoms with Crippen molar-refractivity contribution in [2.24, 2.45) is 5.92 Å². The van der Waals surface area contributed by atoms with Crippen molar-refractivity contribution in [3.8, 4) is 17.2 Å². The van der Waals surface area contributed by atoms with Crippen LogP contribution in [0.3, 0.4) is 0 Å². The fourth-order valence-electron chi connectivity index (χ4n) is 3.64. The van der Waals surface area contributed by atoms with Crippen LogP contribution in [0.2, 0.25) is 0 Å². The van der Waals surface area contributed by atoms with Crippen LogP contribution in [0.5, 0.6) is 17.2 Å². The maximum Gasteiger partial charge on any atom is 0.232 e. The maximum absolute atomic E-state index is 12.6. The molecule has 1 saturated heterocycles. The first kappa shape index (κ1) is 21.4. The van der Waals surface area contributed by atoms with Crippen LogP contribution in [0.1, 0.15) is 19.8 Å². The number of ether oxygens (including phenoxy) is 3. The Bertz CT molecular complexity index is 926. The summed E-state index contributed by atoms with van der Waals surface area (Å²) >= 11 is 1.52. The van der Waals surface area contributed by atoms with Gasteiger partial charge in [0, 0.05) is 35.7 Å². The molecule has 2 amide bonds. The summed E-state index contributed by atoms with van der Waals surface area (Å²) < 4.78 is 16.1. The minimum atomic E-state index is -0.103. The van der Waals surface area contributed by atoms with E-state index in [-0.39, 0.29) is 24.5 Å². The zero-order valence-electron chi connectivity index (χ0n) is 17.5. The third-order valence-electron chi connectivity index (χ3n) is 5.36. The van der Waals surface area contributed by atoms with E-state index in [1.807, 2.05) is 42.2 Å². The molecule has 0 atom stereocenters. The van der Waals surface area contributed by atoms with Crippen LogP contribution in [-0.4, -0.2) is 49.0 Å². The van der Waals surface area contributed by atoms with E-state index in [9.17, 15) is 9.59 Å². The second kappa shape index (κ2) is 9.96. The van der Waals surface area contributed by atoms with Crippen LogP contribution in [0, 0.1) is 5.92 Å². The van der Waals surface area contributed by atoms with Gasteiger partial charge in [-0.15, -0.1) is 11.8 Å². The molecule has 2 aliphatic heterocycles. The van der Waals surface area contributed by atoms with E-state index in [4.69, 9.17) is 14.2 Å². The van der Waals surface area contributed by atoms with Gasteiger partial charge in [-0.05, 0) is 56.2 Å². The second-order valence-corrected chi connectivity index (χ2v) is 8.45. The molecule has 0 radical (unpaired) electrons. The number of anilines is 1. The SMILES string of the molecule is CCOc1ccc(SCC(=O)N2CCC(C(=O)Nc3ccc4c(c3)OCO4)CC2)cc1. The highest BCUT2D eigenvalue weighted by Crippen LogP contribution is 2.34. The normalized spacial score (nSPS) is 15.6. The summed E-state index contributed by atoms with van der Waals surface area (Å²) in [7, 11) is 0. The molecule has 8 heteroatoms. The highest BCUT2D eigenvalue weighted by Gasteiger charge is 2.27. The van der Waals surface area contributed by atoms with Crippen LogP contribution in [-0.2, 0) is 9.59 Å². The number of carbonyl (C=O) groups is 2. The molecule has 1 N–H and O–H groups in total. The molecule has 2 aliphatic rings. The lowest BCUT2D eigenvalue weighted by Crippen LogP contribution is -2.42. The molecule has 31 heavy (non-hydrogen) atoms. The molecule has 1 fully saturated rings. The monoisotopic (exact) mass is 442 g/mol. The Balaban J connectivity index is 1.21. The van der Waals surface area contributed by atoms with Gasteiger partial charge in [0.05, 0.1) is 12.4 Å². The van der Waals surface area contributed by atoms with Crippen molar-refractivity contribution in [2.45, 2.75) is 24.7 Å². The molecular formula is C23H26N2O5S. The molecule has 0 unspecified atom stereocenters. The van der Waals surface area contributed by atoms with Crippen molar-refractivity contribution in [3.63, 3.8) is 0 Å².